The van der Waals surface area contributed by atoms with E-state index in [1.165, 1.54) is 0 Å². The van der Waals surface area contributed by atoms with E-state index in [0.29, 0.717) is 12.1 Å². The number of hydrogen-bond donors (Lipinski definition) is 2. The normalized spacial score (nSPS) is 29.2. The molecule has 0 aromatic heterocycles. The zero-order valence-corrected chi connectivity index (χ0v) is 10.8. The van der Waals surface area contributed by atoms with Crippen LogP contribution in [0.4, 0.5) is 0 Å². The molecule has 0 aromatic rings. The van der Waals surface area contributed by atoms with Crippen LogP contribution >= 0.6 is 0 Å². The molecule has 1 rings (SSSR count). The van der Waals surface area contributed by atoms with Gasteiger partial charge in [-0.1, -0.05) is 13.8 Å². The molecule has 0 spiro atoms. The fourth-order valence-electron chi connectivity index (χ4n) is 2.27. The zero-order chi connectivity index (χ0) is 12.0. The predicted molar refractivity (Wildman–Crippen MR) is 65.6 cm³/mol. The lowest BCUT2D eigenvalue weighted by Gasteiger charge is -2.39. The number of hydrogen-bond acceptors (Lipinski definition) is 4. The van der Waals surface area contributed by atoms with Crippen molar-refractivity contribution in [1.82, 2.24) is 10.2 Å². The highest BCUT2D eigenvalue weighted by atomic mass is 16.5. The first kappa shape index (κ1) is 13.9. The molecule has 1 fully saturated rings. The van der Waals surface area contributed by atoms with Gasteiger partial charge in [0.1, 0.15) is 0 Å². The molecule has 0 radical (unpaired) electrons. The average Bonchev–Trinajstić information content (AvgIpc) is 2.29. The maximum absolute atomic E-state index is 9.29. The Hall–Kier alpha value is -0.160. The maximum Gasteiger partial charge on any atom is 0.0674 e. The number of ether oxygens (including phenoxy) is 1. The molecular weight excluding hydrogens is 204 g/mol. The molecule has 0 aromatic carbocycles. The third kappa shape index (κ3) is 4.01. The van der Waals surface area contributed by atoms with E-state index in [2.05, 4.69) is 31.0 Å². The number of likely N-dealkylation sites (N-methyl/N-ethyl adjacent to an activating group) is 1. The number of rotatable bonds is 6. The number of aliphatic hydroxyl groups is 1. The van der Waals surface area contributed by atoms with Gasteiger partial charge in [-0.2, -0.15) is 0 Å². The first-order chi connectivity index (χ1) is 7.71. The molecule has 0 aliphatic carbocycles. The van der Waals surface area contributed by atoms with E-state index in [1.54, 1.807) is 0 Å². The van der Waals surface area contributed by atoms with Gasteiger partial charge >= 0.3 is 0 Å². The molecule has 0 saturated carbocycles. The Kier molecular flexibility index (Phi) is 6.28. The lowest BCUT2D eigenvalue weighted by atomic mass is 10.1. The Morgan fingerprint density at radius 3 is 2.81 bits per heavy atom. The SMILES string of the molecule is CCNC(CO)CN1CC(C)OCC1CC. The van der Waals surface area contributed by atoms with Crippen molar-refractivity contribution in [1.29, 1.82) is 0 Å². The summed E-state index contributed by atoms with van der Waals surface area (Å²) in [6.07, 6.45) is 1.42. The standard InChI is InChI=1S/C12H26N2O2/c1-4-12-9-16-10(3)6-14(12)7-11(8-15)13-5-2/h10-13,15H,4-9H2,1-3H3. The van der Waals surface area contributed by atoms with E-state index in [-0.39, 0.29) is 12.6 Å². The summed E-state index contributed by atoms with van der Waals surface area (Å²) in [4.78, 5) is 2.44. The van der Waals surface area contributed by atoms with E-state index >= 15 is 0 Å². The van der Waals surface area contributed by atoms with Crippen molar-refractivity contribution >= 4 is 0 Å². The Morgan fingerprint density at radius 2 is 2.25 bits per heavy atom. The lowest BCUT2D eigenvalue weighted by molar-refractivity contribution is -0.0599. The highest BCUT2D eigenvalue weighted by Crippen LogP contribution is 2.14. The second-order valence-corrected chi connectivity index (χ2v) is 4.60. The van der Waals surface area contributed by atoms with Crippen LogP contribution in [0.3, 0.4) is 0 Å². The van der Waals surface area contributed by atoms with E-state index in [9.17, 15) is 5.11 Å². The first-order valence-corrected chi connectivity index (χ1v) is 6.41. The molecule has 1 aliphatic rings. The topological polar surface area (TPSA) is 44.7 Å². The van der Waals surface area contributed by atoms with E-state index in [1.807, 2.05) is 0 Å². The Bertz CT molecular complexity index is 190. The number of aliphatic hydroxyl groups excluding tert-OH is 1. The van der Waals surface area contributed by atoms with Crippen LogP contribution in [-0.4, -0.2) is 61.0 Å². The van der Waals surface area contributed by atoms with E-state index in [4.69, 9.17) is 4.74 Å². The minimum absolute atomic E-state index is 0.185. The van der Waals surface area contributed by atoms with Crippen molar-refractivity contribution < 1.29 is 9.84 Å². The van der Waals surface area contributed by atoms with Gasteiger partial charge in [0, 0.05) is 25.2 Å². The van der Waals surface area contributed by atoms with Crippen LogP contribution in [0.15, 0.2) is 0 Å². The second-order valence-electron chi connectivity index (χ2n) is 4.60. The predicted octanol–water partition coefficient (Wildman–Crippen LogP) is 0.456. The van der Waals surface area contributed by atoms with Crippen LogP contribution in [0.2, 0.25) is 0 Å². The third-order valence-electron chi connectivity index (χ3n) is 3.22. The van der Waals surface area contributed by atoms with Gasteiger partial charge < -0.3 is 15.2 Å². The average molecular weight is 230 g/mol. The molecule has 3 unspecified atom stereocenters. The van der Waals surface area contributed by atoms with Crippen LogP contribution < -0.4 is 5.32 Å². The summed E-state index contributed by atoms with van der Waals surface area (Å²) < 4.78 is 5.66. The Balaban J connectivity index is 2.46. The van der Waals surface area contributed by atoms with Gasteiger partial charge in [-0.15, -0.1) is 0 Å². The van der Waals surface area contributed by atoms with Gasteiger partial charge in [0.2, 0.25) is 0 Å². The summed E-state index contributed by atoms with van der Waals surface area (Å²) >= 11 is 0. The molecule has 1 aliphatic heterocycles. The van der Waals surface area contributed by atoms with Crippen LogP contribution in [0.25, 0.3) is 0 Å². The monoisotopic (exact) mass is 230 g/mol. The summed E-state index contributed by atoms with van der Waals surface area (Å²) in [5.41, 5.74) is 0. The highest BCUT2D eigenvalue weighted by molar-refractivity contribution is 4.81. The molecule has 0 amide bonds. The summed E-state index contributed by atoms with van der Waals surface area (Å²) in [7, 11) is 0. The molecular formula is C12H26N2O2. The fourth-order valence-corrected chi connectivity index (χ4v) is 2.27. The van der Waals surface area contributed by atoms with Crippen molar-refractivity contribution in [2.24, 2.45) is 0 Å². The Labute approximate surface area is 99.0 Å². The van der Waals surface area contributed by atoms with Crippen molar-refractivity contribution in [3.05, 3.63) is 0 Å². The molecule has 1 heterocycles. The summed E-state index contributed by atoms with van der Waals surface area (Å²) in [5.74, 6) is 0. The van der Waals surface area contributed by atoms with Gasteiger partial charge in [-0.25, -0.2) is 0 Å². The molecule has 96 valence electrons. The molecule has 0 bridgehead atoms. The largest absolute Gasteiger partial charge is 0.395 e. The summed E-state index contributed by atoms with van der Waals surface area (Å²) in [6.45, 7) is 10.2. The van der Waals surface area contributed by atoms with Crippen molar-refractivity contribution in [3.8, 4) is 0 Å². The maximum atomic E-state index is 9.29. The van der Waals surface area contributed by atoms with E-state index < -0.39 is 0 Å². The van der Waals surface area contributed by atoms with Gasteiger partial charge in [0.25, 0.3) is 0 Å². The molecule has 2 N–H and O–H groups in total. The third-order valence-corrected chi connectivity index (χ3v) is 3.22. The summed E-state index contributed by atoms with van der Waals surface area (Å²) in [5, 5.41) is 12.6. The van der Waals surface area contributed by atoms with Crippen molar-refractivity contribution in [2.75, 3.05) is 32.8 Å². The molecule has 4 heteroatoms. The van der Waals surface area contributed by atoms with Crippen LogP contribution in [0, 0.1) is 0 Å². The number of nitrogens with zero attached hydrogens (tertiary/aromatic N) is 1. The minimum atomic E-state index is 0.185. The molecule has 4 nitrogen and oxygen atoms in total. The second kappa shape index (κ2) is 7.22. The van der Waals surface area contributed by atoms with Crippen molar-refractivity contribution in [2.45, 2.75) is 45.4 Å². The van der Waals surface area contributed by atoms with Gasteiger partial charge in [0.15, 0.2) is 0 Å². The van der Waals surface area contributed by atoms with E-state index in [0.717, 1.165) is 32.7 Å². The molecule has 3 atom stereocenters. The number of nitrogens with one attached hydrogen (secondary N) is 1. The first-order valence-electron chi connectivity index (χ1n) is 6.41. The Morgan fingerprint density at radius 1 is 1.50 bits per heavy atom. The quantitative estimate of drug-likeness (QED) is 0.696. The van der Waals surface area contributed by atoms with Gasteiger partial charge in [0.05, 0.1) is 19.3 Å². The lowest BCUT2D eigenvalue weighted by Crippen LogP contribution is -2.53. The molecule has 16 heavy (non-hydrogen) atoms. The van der Waals surface area contributed by atoms with Crippen LogP contribution in [0.5, 0.6) is 0 Å². The number of morpholine rings is 1. The summed E-state index contributed by atoms with van der Waals surface area (Å²) in [6, 6.07) is 0.688. The van der Waals surface area contributed by atoms with Gasteiger partial charge in [-0.05, 0) is 19.9 Å². The van der Waals surface area contributed by atoms with Crippen LogP contribution in [-0.2, 0) is 4.74 Å². The zero-order valence-electron chi connectivity index (χ0n) is 10.8. The van der Waals surface area contributed by atoms with Gasteiger partial charge in [-0.3, -0.25) is 4.90 Å². The minimum Gasteiger partial charge on any atom is -0.395 e. The fraction of sp³-hybridized carbons (Fsp3) is 1.00. The molecule has 1 saturated heterocycles. The smallest absolute Gasteiger partial charge is 0.0674 e. The highest BCUT2D eigenvalue weighted by Gasteiger charge is 2.26. The van der Waals surface area contributed by atoms with Crippen LogP contribution in [0.1, 0.15) is 27.2 Å². The van der Waals surface area contributed by atoms with Crippen molar-refractivity contribution in [3.63, 3.8) is 0 Å².